The van der Waals surface area contributed by atoms with Crippen LogP contribution in [0.3, 0.4) is 0 Å². The quantitative estimate of drug-likeness (QED) is 0.539. The van der Waals surface area contributed by atoms with E-state index in [4.69, 9.17) is 4.74 Å². The van der Waals surface area contributed by atoms with Crippen LogP contribution < -0.4 is 4.90 Å². The number of aromatic nitrogens is 3. The molecule has 1 aliphatic rings. The molecule has 1 fully saturated rings. The van der Waals surface area contributed by atoms with E-state index in [0.717, 1.165) is 29.7 Å². The summed E-state index contributed by atoms with van der Waals surface area (Å²) in [5, 5.41) is 13.7. The minimum Gasteiger partial charge on any atom is -0.381 e. The molecule has 2 aromatic heterocycles. The Labute approximate surface area is 176 Å². The highest BCUT2D eigenvalue weighted by molar-refractivity contribution is 7.09. The number of aliphatic hydroxyl groups is 1. The summed E-state index contributed by atoms with van der Waals surface area (Å²) in [7, 11) is 0. The minimum absolute atomic E-state index is 0.435. The van der Waals surface area contributed by atoms with Gasteiger partial charge in [0.2, 0.25) is 0 Å². The van der Waals surface area contributed by atoms with Crippen molar-refractivity contribution in [3.63, 3.8) is 0 Å². The van der Waals surface area contributed by atoms with Crippen molar-refractivity contribution in [3.05, 3.63) is 70.7 Å². The van der Waals surface area contributed by atoms with E-state index in [1.165, 1.54) is 29.8 Å². The molecule has 0 radical (unpaired) electrons. The lowest BCUT2D eigenvalue weighted by Crippen LogP contribution is -2.36. The molecule has 4 aromatic rings. The number of hydrogen-bond acceptors (Lipinski definition) is 7. The van der Waals surface area contributed by atoms with Gasteiger partial charge in [0.05, 0.1) is 24.4 Å². The van der Waals surface area contributed by atoms with Gasteiger partial charge in [0, 0.05) is 41.3 Å². The Bertz CT molecular complexity index is 1180. The van der Waals surface area contributed by atoms with E-state index in [0.29, 0.717) is 35.0 Å². The first-order valence-corrected chi connectivity index (χ1v) is 10.5. The van der Waals surface area contributed by atoms with Gasteiger partial charge in [-0.25, -0.2) is 19.3 Å². The normalized spacial score (nSPS) is 15.5. The highest BCUT2D eigenvalue weighted by Crippen LogP contribution is 2.32. The van der Waals surface area contributed by atoms with E-state index in [2.05, 4.69) is 19.9 Å². The number of hydrogen-bond donors (Lipinski definition) is 1. The Morgan fingerprint density at radius 2 is 1.93 bits per heavy atom. The van der Waals surface area contributed by atoms with E-state index in [1.807, 2.05) is 18.2 Å². The van der Waals surface area contributed by atoms with E-state index < -0.39 is 11.9 Å². The van der Waals surface area contributed by atoms with Crippen LogP contribution in [-0.4, -0.2) is 46.4 Å². The van der Waals surface area contributed by atoms with Crippen LogP contribution in [0, 0.1) is 5.82 Å². The average molecular weight is 422 g/mol. The zero-order chi connectivity index (χ0) is 20.5. The molecular weight excluding hydrogens is 403 g/mol. The fourth-order valence-corrected chi connectivity index (χ4v) is 4.36. The monoisotopic (exact) mass is 422 g/mol. The van der Waals surface area contributed by atoms with Crippen molar-refractivity contribution in [2.75, 3.05) is 31.2 Å². The molecule has 1 saturated heterocycles. The molecule has 30 heavy (non-hydrogen) atoms. The molecule has 152 valence electrons. The summed E-state index contributed by atoms with van der Waals surface area (Å²) in [6.45, 7) is 3.10. The van der Waals surface area contributed by atoms with Gasteiger partial charge in [-0.15, -0.1) is 11.3 Å². The maximum absolute atomic E-state index is 14.4. The topological polar surface area (TPSA) is 71.4 Å². The van der Waals surface area contributed by atoms with Crippen LogP contribution in [0.25, 0.3) is 22.2 Å². The van der Waals surface area contributed by atoms with Crippen molar-refractivity contribution in [1.82, 2.24) is 15.0 Å². The van der Waals surface area contributed by atoms with Gasteiger partial charge in [-0.1, -0.05) is 0 Å². The largest absolute Gasteiger partial charge is 0.381 e. The molecule has 1 N–H and O–H groups in total. The lowest BCUT2D eigenvalue weighted by molar-refractivity contribution is 0.122. The second kappa shape index (κ2) is 8.06. The number of aliphatic hydroxyl groups excluding tert-OH is 1. The van der Waals surface area contributed by atoms with E-state index in [-0.39, 0.29) is 0 Å². The van der Waals surface area contributed by atoms with Crippen molar-refractivity contribution < 1.29 is 14.2 Å². The van der Waals surface area contributed by atoms with E-state index in [1.54, 1.807) is 17.6 Å². The Balaban J connectivity index is 1.56. The lowest BCUT2D eigenvalue weighted by atomic mass is 10.0. The molecule has 5 rings (SSSR count). The molecular formula is C22H19FN4O2S. The minimum atomic E-state index is -0.986. The molecule has 8 heteroatoms. The molecule has 2 aromatic carbocycles. The van der Waals surface area contributed by atoms with Crippen molar-refractivity contribution in [3.8, 4) is 11.3 Å². The van der Waals surface area contributed by atoms with Crippen molar-refractivity contribution >= 4 is 27.9 Å². The number of morpholine rings is 1. The number of rotatable bonds is 4. The number of nitrogens with zero attached hydrogens (tertiary/aromatic N) is 4. The van der Waals surface area contributed by atoms with Gasteiger partial charge >= 0.3 is 0 Å². The van der Waals surface area contributed by atoms with Crippen LogP contribution in [0.2, 0.25) is 0 Å². The second-order valence-electron chi connectivity index (χ2n) is 7.07. The van der Waals surface area contributed by atoms with Gasteiger partial charge in [0.15, 0.2) is 0 Å². The van der Waals surface area contributed by atoms with Crippen molar-refractivity contribution in [2.24, 2.45) is 0 Å². The van der Waals surface area contributed by atoms with Crippen LogP contribution >= 0.6 is 11.3 Å². The fraction of sp³-hybridized carbons (Fsp3) is 0.227. The number of benzene rings is 2. The standard InChI is InChI=1S/C22H19FN4O2S/c23-16-10-14(9-15(11-16)21(28)22-24-3-8-30-22)20-18-2-1-17(12-19(18)25-13-26-20)27-4-6-29-7-5-27/h1-3,8-13,21,28H,4-7H2. The van der Waals surface area contributed by atoms with Gasteiger partial charge in [-0.2, -0.15) is 0 Å². The summed E-state index contributed by atoms with van der Waals surface area (Å²) in [4.78, 5) is 15.2. The van der Waals surface area contributed by atoms with Gasteiger partial charge in [0.1, 0.15) is 23.3 Å². The first-order chi connectivity index (χ1) is 14.7. The molecule has 1 unspecified atom stereocenters. The molecule has 3 heterocycles. The predicted octanol–water partition coefficient (Wildman–Crippen LogP) is 3.81. The molecule has 0 bridgehead atoms. The summed E-state index contributed by atoms with van der Waals surface area (Å²) in [6, 6.07) is 10.5. The summed E-state index contributed by atoms with van der Waals surface area (Å²) < 4.78 is 19.9. The number of anilines is 1. The Morgan fingerprint density at radius 1 is 1.07 bits per heavy atom. The van der Waals surface area contributed by atoms with Gasteiger partial charge in [0.25, 0.3) is 0 Å². The number of halogens is 1. The van der Waals surface area contributed by atoms with Crippen molar-refractivity contribution in [2.45, 2.75) is 6.10 Å². The fourth-order valence-electron chi connectivity index (χ4n) is 3.71. The summed E-state index contributed by atoms with van der Waals surface area (Å²) in [5.41, 5.74) is 3.52. The van der Waals surface area contributed by atoms with Gasteiger partial charge < -0.3 is 14.7 Å². The molecule has 0 aliphatic carbocycles. The molecule has 0 amide bonds. The Hall–Kier alpha value is -2.94. The zero-order valence-corrected chi connectivity index (χ0v) is 16.8. The zero-order valence-electron chi connectivity index (χ0n) is 16.0. The summed E-state index contributed by atoms with van der Waals surface area (Å²) in [6.07, 6.45) is 2.12. The highest BCUT2D eigenvalue weighted by atomic mass is 32.1. The molecule has 6 nitrogen and oxygen atoms in total. The third-order valence-corrected chi connectivity index (χ3v) is 6.02. The number of fused-ring (bicyclic) bond motifs is 1. The second-order valence-corrected chi connectivity index (χ2v) is 8.00. The molecule has 0 saturated carbocycles. The van der Waals surface area contributed by atoms with E-state index in [9.17, 15) is 9.50 Å². The van der Waals surface area contributed by atoms with Crippen LogP contribution in [0.1, 0.15) is 16.7 Å². The Kier molecular flexibility index (Phi) is 5.12. The lowest BCUT2D eigenvalue weighted by Gasteiger charge is -2.29. The Morgan fingerprint density at radius 3 is 2.73 bits per heavy atom. The maximum Gasteiger partial charge on any atom is 0.131 e. The summed E-state index contributed by atoms with van der Waals surface area (Å²) in [5.74, 6) is -0.435. The predicted molar refractivity (Wildman–Crippen MR) is 114 cm³/mol. The van der Waals surface area contributed by atoms with Crippen LogP contribution in [0.15, 0.2) is 54.3 Å². The average Bonchev–Trinajstić information content (AvgIpc) is 3.33. The van der Waals surface area contributed by atoms with E-state index >= 15 is 0 Å². The van der Waals surface area contributed by atoms with Crippen LogP contribution in [0.4, 0.5) is 10.1 Å². The molecule has 1 aliphatic heterocycles. The smallest absolute Gasteiger partial charge is 0.131 e. The first kappa shape index (κ1) is 19.0. The van der Waals surface area contributed by atoms with Crippen LogP contribution in [-0.2, 0) is 4.74 Å². The van der Waals surface area contributed by atoms with Gasteiger partial charge in [-0.05, 0) is 42.0 Å². The SMILES string of the molecule is OC(c1cc(F)cc(-c2ncnc3cc(N4CCOCC4)ccc23)c1)c1nccs1. The number of ether oxygens (including phenoxy) is 1. The summed E-state index contributed by atoms with van der Waals surface area (Å²) >= 11 is 1.33. The third-order valence-electron chi connectivity index (χ3n) is 5.19. The molecule has 1 atom stereocenters. The van der Waals surface area contributed by atoms with Gasteiger partial charge in [-0.3, -0.25) is 0 Å². The maximum atomic E-state index is 14.4. The van der Waals surface area contributed by atoms with Crippen molar-refractivity contribution in [1.29, 1.82) is 0 Å². The third kappa shape index (κ3) is 3.65. The molecule has 0 spiro atoms. The number of thiazole rings is 1. The van der Waals surface area contributed by atoms with Crippen LogP contribution in [0.5, 0.6) is 0 Å². The highest BCUT2D eigenvalue weighted by Gasteiger charge is 2.18. The first-order valence-electron chi connectivity index (χ1n) is 9.65.